The summed E-state index contributed by atoms with van der Waals surface area (Å²) < 4.78 is 6.04. The fourth-order valence-corrected chi connectivity index (χ4v) is 2.08. The Hall–Kier alpha value is -2.76. The van der Waals surface area contributed by atoms with Crippen LogP contribution in [0.3, 0.4) is 0 Å². The molecule has 0 fully saturated rings. The molecular weight excluding hydrogens is 284 g/mol. The minimum Gasteiger partial charge on any atom is -0.462 e. The van der Waals surface area contributed by atoms with Gasteiger partial charge in [0.15, 0.2) is 6.29 Å². The van der Waals surface area contributed by atoms with Gasteiger partial charge in [0.25, 0.3) is 0 Å². The van der Waals surface area contributed by atoms with Crippen LogP contribution in [0.1, 0.15) is 33.3 Å². The highest BCUT2D eigenvalue weighted by atomic mass is 16.5. The van der Waals surface area contributed by atoms with Crippen molar-refractivity contribution >= 4 is 12.3 Å². The van der Waals surface area contributed by atoms with Crippen LogP contribution in [-0.2, 0) is 11.8 Å². The van der Waals surface area contributed by atoms with Crippen LogP contribution in [-0.4, -0.2) is 28.4 Å². The van der Waals surface area contributed by atoms with Crippen LogP contribution in [0, 0.1) is 6.92 Å². The van der Waals surface area contributed by atoms with E-state index in [-0.39, 0.29) is 23.6 Å². The first-order valence-electron chi connectivity index (χ1n) is 6.80. The number of esters is 1. The largest absolute Gasteiger partial charge is 0.462 e. The van der Waals surface area contributed by atoms with Gasteiger partial charge >= 0.3 is 11.7 Å². The zero-order chi connectivity index (χ0) is 16.3. The molecule has 0 aliphatic heterocycles. The minimum absolute atomic E-state index is 0.00260. The molecule has 1 heterocycles. The number of aromatic nitrogens is 2. The second-order valence-electron chi connectivity index (χ2n) is 4.77. The highest BCUT2D eigenvalue weighted by Gasteiger charge is 2.23. The van der Waals surface area contributed by atoms with Crippen LogP contribution in [0.2, 0.25) is 0 Å². The quantitative estimate of drug-likeness (QED) is 0.635. The third-order valence-electron chi connectivity index (χ3n) is 3.26. The van der Waals surface area contributed by atoms with E-state index in [4.69, 9.17) is 4.74 Å². The maximum Gasteiger partial charge on any atom is 0.348 e. The molecule has 0 amide bonds. The molecule has 0 spiro atoms. The zero-order valence-electron chi connectivity index (χ0n) is 12.6. The molecule has 0 radical (unpaired) electrons. The molecule has 0 aliphatic rings. The molecule has 2 aromatic rings. The smallest absolute Gasteiger partial charge is 0.348 e. The lowest BCUT2D eigenvalue weighted by Gasteiger charge is -2.13. The number of carbonyl (C=O) groups is 2. The van der Waals surface area contributed by atoms with Crippen LogP contribution in [0.15, 0.2) is 29.1 Å². The highest BCUT2D eigenvalue weighted by Crippen LogP contribution is 2.23. The summed E-state index contributed by atoms with van der Waals surface area (Å²) in [6.45, 7) is 3.75. The second kappa shape index (κ2) is 6.34. The zero-order valence-corrected chi connectivity index (χ0v) is 12.6. The topological polar surface area (TPSA) is 78.3 Å². The van der Waals surface area contributed by atoms with Crippen LogP contribution in [0.5, 0.6) is 0 Å². The molecule has 0 saturated carbocycles. The van der Waals surface area contributed by atoms with Gasteiger partial charge in [-0.2, -0.15) is 4.98 Å². The van der Waals surface area contributed by atoms with E-state index in [9.17, 15) is 14.4 Å². The number of carbonyl (C=O) groups excluding carboxylic acids is 2. The molecule has 22 heavy (non-hydrogen) atoms. The van der Waals surface area contributed by atoms with Crippen LogP contribution < -0.4 is 5.69 Å². The Labute approximate surface area is 127 Å². The molecule has 114 valence electrons. The minimum atomic E-state index is -0.678. The summed E-state index contributed by atoms with van der Waals surface area (Å²) in [4.78, 5) is 39.4. The second-order valence-corrected chi connectivity index (χ2v) is 4.77. The first-order valence-corrected chi connectivity index (χ1v) is 6.80. The predicted molar refractivity (Wildman–Crippen MR) is 81.0 cm³/mol. The fraction of sp³-hybridized carbons (Fsp3) is 0.250. The molecule has 0 bridgehead atoms. The lowest BCUT2D eigenvalue weighted by Crippen LogP contribution is -2.28. The van der Waals surface area contributed by atoms with Crippen LogP contribution in [0.4, 0.5) is 0 Å². The van der Waals surface area contributed by atoms with E-state index in [2.05, 4.69) is 4.98 Å². The Morgan fingerprint density at radius 2 is 1.95 bits per heavy atom. The molecule has 2 rings (SSSR count). The SMILES string of the molecule is CCOC(=O)c1c(-c2ccc(C)cc2)nc(=O)n(C)c1C=O. The van der Waals surface area contributed by atoms with E-state index < -0.39 is 11.7 Å². The summed E-state index contributed by atoms with van der Waals surface area (Å²) in [5.74, 6) is -0.678. The number of aryl methyl sites for hydroxylation is 1. The lowest BCUT2D eigenvalue weighted by molar-refractivity contribution is 0.0523. The number of benzene rings is 1. The van der Waals surface area contributed by atoms with E-state index in [0.717, 1.165) is 10.1 Å². The summed E-state index contributed by atoms with van der Waals surface area (Å²) in [7, 11) is 1.39. The van der Waals surface area contributed by atoms with Crippen molar-refractivity contribution in [3.63, 3.8) is 0 Å². The Balaban J connectivity index is 2.79. The standard InChI is InChI=1S/C16H16N2O4/c1-4-22-15(20)13-12(9-19)18(3)16(21)17-14(13)11-7-5-10(2)6-8-11/h5-9H,4H2,1-3H3. The average molecular weight is 300 g/mol. The van der Waals surface area contributed by atoms with Gasteiger partial charge in [0, 0.05) is 12.6 Å². The molecule has 0 unspecified atom stereocenters. The van der Waals surface area contributed by atoms with Gasteiger partial charge in [-0.1, -0.05) is 29.8 Å². The van der Waals surface area contributed by atoms with Gasteiger partial charge in [-0.05, 0) is 13.8 Å². The van der Waals surface area contributed by atoms with Crippen molar-refractivity contribution in [1.82, 2.24) is 9.55 Å². The summed E-state index contributed by atoms with van der Waals surface area (Å²) in [5, 5.41) is 0. The third-order valence-corrected chi connectivity index (χ3v) is 3.26. The highest BCUT2D eigenvalue weighted by molar-refractivity contribution is 6.02. The third kappa shape index (κ3) is 2.81. The van der Waals surface area contributed by atoms with Crippen molar-refractivity contribution in [3.05, 3.63) is 51.6 Å². The van der Waals surface area contributed by atoms with Gasteiger partial charge in [0.05, 0.1) is 12.3 Å². The van der Waals surface area contributed by atoms with E-state index in [1.54, 1.807) is 19.1 Å². The van der Waals surface area contributed by atoms with E-state index in [0.29, 0.717) is 11.8 Å². The fourth-order valence-electron chi connectivity index (χ4n) is 2.08. The van der Waals surface area contributed by atoms with Crippen molar-refractivity contribution in [3.8, 4) is 11.3 Å². The summed E-state index contributed by atoms with van der Waals surface area (Å²) in [5.41, 5.74) is 1.11. The van der Waals surface area contributed by atoms with E-state index in [1.807, 2.05) is 19.1 Å². The monoisotopic (exact) mass is 300 g/mol. The number of nitrogens with zero attached hydrogens (tertiary/aromatic N) is 2. The first kappa shape index (κ1) is 15.6. The first-order chi connectivity index (χ1) is 10.5. The summed E-state index contributed by atoms with van der Waals surface area (Å²) in [6, 6.07) is 7.16. The number of hydrogen-bond acceptors (Lipinski definition) is 5. The molecule has 0 saturated heterocycles. The van der Waals surface area contributed by atoms with Gasteiger partial charge in [-0.25, -0.2) is 9.59 Å². The molecule has 6 heteroatoms. The average Bonchev–Trinajstić information content (AvgIpc) is 2.50. The summed E-state index contributed by atoms with van der Waals surface area (Å²) >= 11 is 0. The van der Waals surface area contributed by atoms with Crippen LogP contribution in [0.25, 0.3) is 11.3 Å². The van der Waals surface area contributed by atoms with Gasteiger partial charge < -0.3 is 4.74 Å². The maximum absolute atomic E-state index is 12.2. The van der Waals surface area contributed by atoms with Gasteiger partial charge in [-0.15, -0.1) is 0 Å². The Kier molecular flexibility index (Phi) is 4.50. The predicted octanol–water partition coefficient (Wildman–Crippen LogP) is 1.74. The van der Waals surface area contributed by atoms with E-state index >= 15 is 0 Å². The van der Waals surface area contributed by atoms with Gasteiger partial charge in [0.2, 0.25) is 0 Å². The number of ether oxygens (including phenoxy) is 1. The number of rotatable bonds is 4. The molecule has 0 N–H and O–H groups in total. The van der Waals surface area contributed by atoms with Crippen LogP contribution >= 0.6 is 0 Å². The Morgan fingerprint density at radius 3 is 2.50 bits per heavy atom. The molecule has 0 aliphatic carbocycles. The van der Waals surface area contributed by atoms with Crippen molar-refractivity contribution in [1.29, 1.82) is 0 Å². The molecule has 6 nitrogen and oxygen atoms in total. The summed E-state index contributed by atoms with van der Waals surface area (Å²) in [6.07, 6.45) is 0.465. The molecule has 1 aromatic carbocycles. The van der Waals surface area contributed by atoms with Crippen molar-refractivity contribution in [2.75, 3.05) is 6.61 Å². The Bertz CT molecular complexity index is 776. The normalized spacial score (nSPS) is 10.3. The molecule has 1 aromatic heterocycles. The lowest BCUT2D eigenvalue weighted by atomic mass is 10.0. The molecule has 0 atom stereocenters. The Morgan fingerprint density at radius 1 is 1.32 bits per heavy atom. The van der Waals surface area contributed by atoms with Gasteiger partial charge in [-0.3, -0.25) is 9.36 Å². The van der Waals surface area contributed by atoms with Gasteiger partial charge in [0.1, 0.15) is 11.3 Å². The van der Waals surface area contributed by atoms with Crippen molar-refractivity contribution in [2.24, 2.45) is 7.05 Å². The number of aldehydes is 1. The van der Waals surface area contributed by atoms with Crippen molar-refractivity contribution in [2.45, 2.75) is 13.8 Å². The van der Waals surface area contributed by atoms with E-state index in [1.165, 1.54) is 7.05 Å². The maximum atomic E-state index is 12.2. The number of hydrogen-bond donors (Lipinski definition) is 0. The molecular formula is C16H16N2O4. The van der Waals surface area contributed by atoms with Crippen molar-refractivity contribution < 1.29 is 14.3 Å².